The number of carbonyl (C=O) groups is 1. The molecule has 0 saturated heterocycles. The Balaban J connectivity index is 2.04. The summed E-state index contributed by atoms with van der Waals surface area (Å²) in [6.45, 7) is 4.52. The number of aromatic nitrogens is 1. The highest BCUT2D eigenvalue weighted by atomic mass is 16.5. The third kappa shape index (κ3) is 3.00. The fourth-order valence-electron chi connectivity index (χ4n) is 2.32. The Morgan fingerprint density at radius 2 is 2.11 bits per heavy atom. The Bertz CT molecular complexity index is 432. The van der Waals surface area contributed by atoms with Crippen molar-refractivity contribution in [2.45, 2.75) is 45.6 Å². The molecule has 1 aromatic rings. The minimum Gasteiger partial charge on any atom is -0.488 e. The van der Waals surface area contributed by atoms with Gasteiger partial charge in [0.1, 0.15) is 0 Å². The van der Waals surface area contributed by atoms with Gasteiger partial charge in [0.25, 0.3) is 0 Å². The number of carboxylic acid groups (broad SMARTS) is 1. The molecule has 0 spiro atoms. The molecule has 0 unspecified atom stereocenters. The number of rotatable bonds is 3. The summed E-state index contributed by atoms with van der Waals surface area (Å²) in [5, 5.41) is 9.04. The van der Waals surface area contributed by atoms with Gasteiger partial charge in [-0.25, -0.2) is 9.78 Å². The van der Waals surface area contributed by atoms with Crippen molar-refractivity contribution in [2.75, 3.05) is 0 Å². The highest BCUT2D eigenvalue weighted by molar-refractivity contribution is 5.88. The minimum atomic E-state index is -1.04. The summed E-state index contributed by atoms with van der Waals surface area (Å²) in [5.74, 6) is -0.656. The van der Waals surface area contributed by atoms with Gasteiger partial charge in [0.15, 0.2) is 11.4 Å². The van der Waals surface area contributed by atoms with Gasteiger partial charge in [0.2, 0.25) is 0 Å². The van der Waals surface area contributed by atoms with E-state index in [1.807, 2.05) is 0 Å². The van der Waals surface area contributed by atoms with Crippen molar-refractivity contribution >= 4 is 5.97 Å². The molecule has 2 rings (SSSR count). The molecule has 98 valence electrons. The molecule has 0 bridgehead atoms. The van der Waals surface area contributed by atoms with E-state index in [-0.39, 0.29) is 11.8 Å². The molecular formula is C14H19NO3. The van der Waals surface area contributed by atoms with Crippen molar-refractivity contribution in [1.82, 2.24) is 4.98 Å². The van der Waals surface area contributed by atoms with E-state index in [2.05, 4.69) is 18.8 Å². The topological polar surface area (TPSA) is 59.4 Å². The molecule has 1 heterocycles. The van der Waals surface area contributed by atoms with Gasteiger partial charge in [-0.05, 0) is 43.2 Å². The van der Waals surface area contributed by atoms with Crippen LogP contribution in [0.4, 0.5) is 0 Å². The third-order valence-electron chi connectivity index (χ3n) is 3.55. The van der Waals surface area contributed by atoms with Crippen molar-refractivity contribution in [2.24, 2.45) is 5.41 Å². The summed E-state index contributed by atoms with van der Waals surface area (Å²) in [6.07, 6.45) is 5.75. The van der Waals surface area contributed by atoms with Crippen LogP contribution in [0.5, 0.6) is 5.75 Å². The lowest BCUT2D eigenvalue weighted by molar-refractivity contribution is 0.0666. The lowest BCUT2D eigenvalue weighted by Gasteiger charge is -2.34. The predicted octanol–water partition coefficient (Wildman–Crippen LogP) is 3.13. The summed E-state index contributed by atoms with van der Waals surface area (Å²) in [6, 6.07) is 3.38. The smallest absolute Gasteiger partial charge is 0.358 e. The molecule has 1 saturated carbocycles. The molecule has 0 aliphatic heterocycles. The van der Waals surface area contributed by atoms with E-state index in [0.717, 1.165) is 25.7 Å². The largest absolute Gasteiger partial charge is 0.488 e. The Kier molecular flexibility index (Phi) is 3.55. The Hall–Kier alpha value is -1.58. The molecule has 1 N–H and O–H groups in total. The molecule has 0 aromatic carbocycles. The molecule has 0 amide bonds. The Morgan fingerprint density at radius 3 is 2.72 bits per heavy atom. The second-order valence-corrected chi connectivity index (χ2v) is 5.64. The van der Waals surface area contributed by atoms with Crippen LogP contribution in [0.1, 0.15) is 50.0 Å². The van der Waals surface area contributed by atoms with Crippen LogP contribution in [-0.4, -0.2) is 22.2 Å². The first kappa shape index (κ1) is 12.9. The SMILES string of the molecule is CC1(C)CCC(Oc2cccnc2C(=O)O)CC1. The first-order valence-corrected chi connectivity index (χ1v) is 6.33. The zero-order valence-electron chi connectivity index (χ0n) is 10.8. The molecule has 1 aliphatic rings. The quantitative estimate of drug-likeness (QED) is 0.894. The molecule has 18 heavy (non-hydrogen) atoms. The van der Waals surface area contributed by atoms with Gasteiger partial charge in [-0.2, -0.15) is 0 Å². The number of carboxylic acids is 1. The molecule has 0 atom stereocenters. The lowest BCUT2D eigenvalue weighted by Crippen LogP contribution is -2.28. The maximum atomic E-state index is 11.0. The maximum Gasteiger partial charge on any atom is 0.358 e. The average Bonchev–Trinajstić information content (AvgIpc) is 2.32. The standard InChI is InChI=1S/C14H19NO3/c1-14(2)7-5-10(6-8-14)18-11-4-3-9-15-12(11)13(16)17/h3-4,9-10H,5-8H2,1-2H3,(H,16,17). The molecule has 1 aromatic heterocycles. The van der Waals surface area contributed by atoms with Crippen LogP contribution < -0.4 is 4.74 Å². The van der Waals surface area contributed by atoms with Gasteiger partial charge >= 0.3 is 5.97 Å². The number of aromatic carboxylic acids is 1. The van der Waals surface area contributed by atoms with E-state index in [4.69, 9.17) is 9.84 Å². The molecule has 4 heteroatoms. The lowest BCUT2D eigenvalue weighted by atomic mass is 9.76. The molecule has 1 fully saturated rings. The van der Waals surface area contributed by atoms with E-state index >= 15 is 0 Å². The maximum absolute atomic E-state index is 11.0. The van der Waals surface area contributed by atoms with E-state index in [1.54, 1.807) is 12.1 Å². The summed E-state index contributed by atoms with van der Waals surface area (Å²) < 4.78 is 5.80. The molecule has 0 radical (unpaired) electrons. The van der Waals surface area contributed by atoms with E-state index in [0.29, 0.717) is 11.2 Å². The van der Waals surface area contributed by atoms with Gasteiger partial charge in [-0.1, -0.05) is 13.8 Å². The van der Waals surface area contributed by atoms with Crippen LogP contribution in [0.15, 0.2) is 18.3 Å². The number of nitrogens with zero attached hydrogens (tertiary/aromatic N) is 1. The van der Waals surface area contributed by atoms with Gasteiger partial charge in [-0.15, -0.1) is 0 Å². The Morgan fingerprint density at radius 1 is 1.44 bits per heavy atom. The summed E-state index contributed by atoms with van der Waals surface area (Å²) in [7, 11) is 0. The highest BCUT2D eigenvalue weighted by Gasteiger charge is 2.28. The summed E-state index contributed by atoms with van der Waals surface area (Å²) in [5.41, 5.74) is 0.382. The zero-order chi connectivity index (χ0) is 13.2. The average molecular weight is 249 g/mol. The second kappa shape index (κ2) is 4.96. The highest BCUT2D eigenvalue weighted by Crippen LogP contribution is 2.36. The van der Waals surface area contributed by atoms with E-state index in [1.165, 1.54) is 6.20 Å². The molecule has 1 aliphatic carbocycles. The third-order valence-corrected chi connectivity index (χ3v) is 3.55. The monoisotopic (exact) mass is 249 g/mol. The normalized spacial score (nSPS) is 19.4. The van der Waals surface area contributed by atoms with Crippen molar-refractivity contribution in [3.8, 4) is 5.75 Å². The number of ether oxygens (including phenoxy) is 1. The van der Waals surface area contributed by atoms with Crippen LogP contribution in [0, 0.1) is 5.41 Å². The van der Waals surface area contributed by atoms with Crippen molar-refractivity contribution in [3.63, 3.8) is 0 Å². The van der Waals surface area contributed by atoms with Crippen LogP contribution in [0.3, 0.4) is 0 Å². The second-order valence-electron chi connectivity index (χ2n) is 5.64. The van der Waals surface area contributed by atoms with Crippen molar-refractivity contribution in [3.05, 3.63) is 24.0 Å². The van der Waals surface area contributed by atoms with Crippen molar-refractivity contribution < 1.29 is 14.6 Å². The molecule has 4 nitrogen and oxygen atoms in total. The minimum absolute atomic E-state index is 0.00216. The van der Waals surface area contributed by atoms with Crippen LogP contribution in [-0.2, 0) is 0 Å². The predicted molar refractivity (Wildman–Crippen MR) is 67.9 cm³/mol. The summed E-state index contributed by atoms with van der Waals surface area (Å²) >= 11 is 0. The fourth-order valence-corrected chi connectivity index (χ4v) is 2.32. The molecular weight excluding hydrogens is 230 g/mol. The van der Waals surface area contributed by atoms with Crippen molar-refractivity contribution in [1.29, 1.82) is 0 Å². The zero-order valence-corrected chi connectivity index (χ0v) is 10.8. The van der Waals surface area contributed by atoms with Crippen LogP contribution in [0.25, 0.3) is 0 Å². The fraction of sp³-hybridized carbons (Fsp3) is 0.571. The van der Waals surface area contributed by atoms with E-state index < -0.39 is 5.97 Å². The van der Waals surface area contributed by atoms with Crippen LogP contribution in [0.2, 0.25) is 0 Å². The van der Waals surface area contributed by atoms with E-state index in [9.17, 15) is 4.79 Å². The first-order valence-electron chi connectivity index (χ1n) is 6.33. The van der Waals surface area contributed by atoms with Crippen LogP contribution >= 0.6 is 0 Å². The Labute approximate surface area is 107 Å². The summed E-state index contributed by atoms with van der Waals surface area (Å²) in [4.78, 5) is 14.9. The van der Waals surface area contributed by atoms with Gasteiger partial charge in [0.05, 0.1) is 6.10 Å². The van der Waals surface area contributed by atoms with Gasteiger partial charge in [-0.3, -0.25) is 0 Å². The number of pyridine rings is 1. The number of hydrogen-bond donors (Lipinski definition) is 1. The van der Waals surface area contributed by atoms with Gasteiger partial charge in [0, 0.05) is 6.20 Å². The van der Waals surface area contributed by atoms with Gasteiger partial charge < -0.3 is 9.84 Å². The first-order chi connectivity index (χ1) is 8.48. The number of hydrogen-bond acceptors (Lipinski definition) is 3.